The fourth-order valence-corrected chi connectivity index (χ4v) is 5.81. The third kappa shape index (κ3) is 2.01. The normalized spacial score (nSPS) is 38.4. The number of hydrogen-bond donors (Lipinski definition) is 2. The van der Waals surface area contributed by atoms with Crippen LogP contribution < -0.4 is 10.5 Å². The molecule has 1 radical (unpaired) electrons. The Morgan fingerprint density at radius 1 is 1.36 bits per heavy atom. The van der Waals surface area contributed by atoms with E-state index in [-0.39, 0.29) is 44.2 Å². The quantitative estimate of drug-likeness (QED) is 0.524. The van der Waals surface area contributed by atoms with Gasteiger partial charge in [-0.05, 0) is 11.6 Å². The number of likely N-dealkylation sites (tertiary alicyclic amines) is 1. The Kier molecular flexibility index (Phi) is 3.80. The van der Waals surface area contributed by atoms with Gasteiger partial charge in [-0.25, -0.2) is 0 Å². The van der Waals surface area contributed by atoms with Crippen LogP contribution in [0.2, 0.25) is 0 Å². The van der Waals surface area contributed by atoms with Gasteiger partial charge in [-0.15, -0.1) is 0 Å². The molecule has 5 rings (SSSR count). The molecule has 1 aromatic carbocycles. The fourth-order valence-electron chi connectivity index (χ4n) is 5.81. The van der Waals surface area contributed by atoms with Crippen LogP contribution in [0, 0.1) is 5.92 Å². The number of nitrogens with two attached hydrogens (primary N) is 1. The molecule has 2 aliphatic heterocycles. The van der Waals surface area contributed by atoms with E-state index in [9.17, 15) is 9.90 Å². The fraction of sp³-hybridized carbons (Fsp3) is 0.526. The van der Waals surface area contributed by atoms with Crippen molar-refractivity contribution in [1.82, 2.24) is 0 Å². The summed E-state index contributed by atoms with van der Waals surface area (Å²) in [6.45, 7) is 1.04. The second kappa shape index (κ2) is 5.38. The number of rotatable bonds is 1. The third-order valence-corrected chi connectivity index (χ3v) is 6.99. The van der Waals surface area contributed by atoms with E-state index in [2.05, 4.69) is 20.2 Å². The number of amides is 1. The molecule has 4 aliphatic rings. The van der Waals surface area contributed by atoms with Gasteiger partial charge in [-0.2, -0.15) is 0 Å². The SMILES string of the molecule is C[N+]1(C)CC[C@]23c4c5ccc(C(N)=O)c4OC2C(O)C=CC3[C@H]1C5.[Y]. The van der Waals surface area contributed by atoms with Gasteiger partial charge in [-0.1, -0.05) is 18.2 Å². The number of quaternary nitrogens is 1. The number of likely N-dealkylation sites (N-methyl/N-ethyl adjacent to an activating group) is 1. The van der Waals surface area contributed by atoms with Crippen LogP contribution in [0.4, 0.5) is 0 Å². The molecule has 6 heteroatoms. The first-order valence-corrected chi connectivity index (χ1v) is 8.68. The smallest absolute Gasteiger partial charge is 0.252 e. The van der Waals surface area contributed by atoms with Gasteiger partial charge in [0.2, 0.25) is 0 Å². The molecule has 2 heterocycles. The molecule has 5 atom stereocenters. The van der Waals surface area contributed by atoms with E-state index in [1.807, 2.05) is 12.1 Å². The van der Waals surface area contributed by atoms with Gasteiger partial charge in [0.05, 0.1) is 31.6 Å². The topological polar surface area (TPSA) is 72.6 Å². The number of hydrogen-bond acceptors (Lipinski definition) is 3. The maximum atomic E-state index is 11.9. The zero-order chi connectivity index (χ0) is 16.9. The maximum Gasteiger partial charge on any atom is 0.252 e. The Hall–Kier alpha value is -0.746. The van der Waals surface area contributed by atoms with Crippen molar-refractivity contribution in [2.75, 3.05) is 20.6 Å². The minimum absolute atomic E-state index is 0. The van der Waals surface area contributed by atoms with Crippen LogP contribution in [0.25, 0.3) is 0 Å². The number of aliphatic hydroxyl groups is 1. The summed E-state index contributed by atoms with van der Waals surface area (Å²) in [4.78, 5) is 11.9. The number of ether oxygens (including phenoxy) is 1. The molecule has 1 spiro atoms. The Bertz CT molecular complexity index is 806. The van der Waals surface area contributed by atoms with Crippen molar-refractivity contribution < 1.29 is 51.8 Å². The summed E-state index contributed by atoms with van der Waals surface area (Å²) in [5.74, 6) is 0.492. The Morgan fingerprint density at radius 3 is 2.84 bits per heavy atom. The third-order valence-electron chi connectivity index (χ3n) is 6.99. The average Bonchev–Trinajstić information content (AvgIpc) is 2.88. The van der Waals surface area contributed by atoms with Crippen molar-refractivity contribution in [1.29, 1.82) is 0 Å². The van der Waals surface area contributed by atoms with Gasteiger partial charge >= 0.3 is 0 Å². The van der Waals surface area contributed by atoms with E-state index in [0.29, 0.717) is 23.3 Å². The standard InChI is InChI=1S/C19H22N2O3.Y/c1-21(2)8-7-19-12-5-6-14(22)17(19)24-16-11(18(20)23)4-3-10(15(16)19)9-13(12)21;/h3-6,12-14,17,22H,7-9H2,1-2H3,(H-,20,23);/p+1/t12?,13-,14?,17?,19+;/m1./s1. The van der Waals surface area contributed by atoms with Crippen molar-refractivity contribution >= 4 is 5.91 Å². The molecule has 2 aliphatic carbocycles. The van der Waals surface area contributed by atoms with Crippen molar-refractivity contribution in [3.05, 3.63) is 41.0 Å². The summed E-state index contributed by atoms with van der Waals surface area (Å²) in [6, 6.07) is 4.30. The minimum atomic E-state index is -0.644. The van der Waals surface area contributed by atoms with Gasteiger partial charge in [0.25, 0.3) is 5.91 Å². The molecule has 0 saturated carbocycles. The van der Waals surface area contributed by atoms with Gasteiger partial charge < -0.3 is 20.1 Å². The summed E-state index contributed by atoms with van der Waals surface area (Å²) < 4.78 is 7.22. The molecule has 1 saturated heterocycles. The van der Waals surface area contributed by atoms with Gasteiger partial charge in [0, 0.05) is 57.0 Å². The summed E-state index contributed by atoms with van der Waals surface area (Å²) in [5.41, 5.74) is 8.21. The maximum absolute atomic E-state index is 11.9. The number of benzene rings is 1. The van der Waals surface area contributed by atoms with E-state index in [4.69, 9.17) is 10.5 Å². The number of carbonyl (C=O) groups excluding carboxylic acids is 1. The van der Waals surface area contributed by atoms with Crippen LogP contribution in [0.3, 0.4) is 0 Å². The zero-order valence-electron chi connectivity index (χ0n) is 14.6. The molecule has 3 unspecified atom stereocenters. The largest absolute Gasteiger partial charge is 0.485 e. The van der Waals surface area contributed by atoms with E-state index in [1.165, 1.54) is 5.56 Å². The van der Waals surface area contributed by atoms with Crippen LogP contribution in [-0.2, 0) is 44.5 Å². The first-order valence-electron chi connectivity index (χ1n) is 8.68. The van der Waals surface area contributed by atoms with Crippen molar-refractivity contribution in [3.8, 4) is 5.75 Å². The molecule has 5 nitrogen and oxygen atoms in total. The number of piperidine rings is 1. The van der Waals surface area contributed by atoms with Gasteiger partial charge in [0.15, 0.2) is 0 Å². The average molecular weight is 416 g/mol. The van der Waals surface area contributed by atoms with E-state index < -0.39 is 12.0 Å². The van der Waals surface area contributed by atoms with Gasteiger partial charge in [-0.3, -0.25) is 4.79 Å². The van der Waals surface area contributed by atoms with E-state index >= 15 is 0 Å². The van der Waals surface area contributed by atoms with Crippen molar-refractivity contribution in [2.45, 2.75) is 36.5 Å². The second-order valence-electron chi connectivity index (χ2n) is 8.34. The summed E-state index contributed by atoms with van der Waals surface area (Å²) in [7, 11) is 4.59. The molecular formula is C19H23N2O3Y+. The minimum Gasteiger partial charge on any atom is -0.485 e. The Labute approximate surface area is 172 Å². The predicted molar refractivity (Wildman–Crippen MR) is 88.8 cm³/mol. The number of aliphatic hydroxyl groups excluding tert-OH is 1. The number of carbonyl (C=O) groups is 1. The van der Waals surface area contributed by atoms with E-state index in [1.54, 1.807) is 6.07 Å². The van der Waals surface area contributed by atoms with Crippen LogP contribution in [0.5, 0.6) is 5.75 Å². The zero-order valence-corrected chi connectivity index (χ0v) is 17.4. The molecule has 1 aromatic rings. The van der Waals surface area contributed by atoms with Crippen molar-refractivity contribution in [3.63, 3.8) is 0 Å². The van der Waals surface area contributed by atoms with Crippen LogP contribution >= 0.6 is 0 Å². The van der Waals surface area contributed by atoms with E-state index in [0.717, 1.165) is 29.4 Å². The summed E-state index contributed by atoms with van der Waals surface area (Å²) >= 11 is 0. The molecule has 1 fully saturated rings. The van der Waals surface area contributed by atoms with Crippen LogP contribution in [0.1, 0.15) is 27.9 Å². The Morgan fingerprint density at radius 2 is 2.12 bits per heavy atom. The monoisotopic (exact) mass is 416 g/mol. The van der Waals surface area contributed by atoms with Gasteiger partial charge in [0.1, 0.15) is 24.0 Å². The van der Waals surface area contributed by atoms with Crippen LogP contribution in [-0.4, -0.2) is 54.4 Å². The molecule has 2 bridgehead atoms. The molecular weight excluding hydrogens is 393 g/mol. The number of primary amides is 1. The summed E-state index contributed by atoms with van der Waals surface area (Å²) in [5, 5.41) is 10.6. The molecule has 1 amide bonds. The van der Waals surface area contributed by atoms with Crippen molar-refractivity contribution in [2.24, 2.45) is 11.7 Å². The molecule has 0 aromatic heterocycles. The number of nitrogens with zero attached hydrogens (tertiary/aromatic N) is 1. The Balaban J connectivity index is 0.00000157. The molecule has 3 N–H and O–H groups in total. The van der Waals surface area contributed by atoms with Crippen LogP contribution in [0.15, 0.2) is 24.3 Å². The predicted octanol–water partition coefficient (Wildman–Crippen LogP) is 0.733. The first-order chi connectivity index (χ1) is 11.4. The molecule has 129 valence electrons. The second-order valence-corrected chi connectivity index (χ2v) is 8.34. The summed E-state index contributed by atoms with van der Waals surface area (Å²) in [6.07, 6.45) is 5.04. The first kappa shape index (κ1) is 17.7. The molecule has 25 heavy (non-hydrogen) atoms.